The summed E-state index contributed by atoms with van der Waals surface area (Å²) in [5.41, 5.74) is -0.334. The van der Waals surface area contributed by atoms with E-state index in [0.717, 1.165) is 38.5 Å². The van der Waals surface area contributed by atoms with Gasteiger partial charge in [-0.15, -0.1) is 0 Å². The highest BCUT2D eigenvalue weighted by molar-refractivity contribution is 5.67. The zero-order valence-corrected chi connectivity index (χ0v) is 15.7. The van der Waals surface area contributed by atoms with Gasteiger partial charge in [0.05, 0.1) is 6.42 Å². The Bertz CT molecular complexity index is 429. The third-order valence-corrected chi connectivity index (χ3v) is 5.02. The van der Waals surface area contributed by atoms with Gasteiger partial charge in [0.2, 0.25) is 0 Å². The third-order valence-electron chi connectivity index (χ3n) is 5.02. The Kier molecular flexibility index (Phi) is 9.30. The van der Waals surface area contributed by atoms with E-state index in [9.17, 15) is 4.79 Å². The van der Waals surface area contributed by atoms with Gasteiger partial charge in [-0.2, -0.15) is 0 Å². The lowest BCUT2D eigenvalue weighted by Gasteiger charge is -2.42. The molecule has 0 spiro atoms. The molecule has 4 atom stereocenters. The maximum absolute atomic E-state index is 11.0. The molecule has 0 aliphatic carbocycles. The lowest BCUT2D eigenvalue weighted by Crippen LogP contribution is -2.45. The molecule has 24 heavy (non-hydrogen) atoms. The van der Waals surface area contributed by atoms with Crippen LogP contribution in [0.4, 0.5) is 0 Å². The fourth-order valence-electron chi connectivity index (χ4n) is 3.24. The Balaban J connectivity index is 2.70. The zero-order valence-electron chi connectivity index (χ0n) is 15.7. The minimum atomic E-state index is -0.834. The second kappa shape index (κ2) is 10.7. The molecule has 1 saturated heterocycles. The number of hydrogen-bond acceptors (Lipinski definition) is 3. The lowest BCUT2D eigenvalue weighted by atomic mass is 9.80. The van der Waals surface area contributed by atoms with Gasteiger partial charge in [0.15, 0.2) is 0 Å². The van der Waals surface area contributed by atoms with Crippen LogP contribution in [0.3, 0.4) is 0 Å². The predicted octanol–water partition coefficient (Wildman–Crippen LogP) is 5.30. The summed E-state index contributed by atoms with van der Waals surface area (Å²) in [6, 6.07) is 0. The van der Waals surface area contributed by atoms with E-state index in [-0.39, 0.29) is 24.0 Å². The van der Waals surface area contributed by atoms with Crippen molar-refractivity contribution in [2.24, 2.45) is 11.8 Å². The van der Waals surface area contributed by atoms with Crippen molar-refractivity contribution in [3.05, 3.63) is 24.3 Å². The summed E-state index contributed by atoms with van der Waals surface area (Å²) in [7, 11) is 0. The summed E-state index contributed by atoms with van der Waals surface area (Å²) < 4.78 is 0. The smallest absolute Gasteiger partial charge is 0.306 e. The van der Waals surface area contributed by atoms with Gasteiger partial charge in [-0.25, -0.2) is 9.78 Å². The molecule has 4 nitrogen and oxygen atoms in total. The standard InChI is InChI=1S/C20H34O4/c1-5-9-11-16(6-2)12-10-13-20(8-4)15-17(7-3)18(23-24-20)14-19(21)22/h9-12,16-18H,5-8,13-15H2,1-4H3,(H,21,22)/b11-9+,12-10+/t16?,17-,18-,20+/m0/s1. The minimum Gasteiger partial charge on any atom is -0.481 e. The summed E-state index contributed by atoms with van der Waals surface area (Å²) >= 11 is 0. The average Bonchev–Trinajstić information content (AvgIpc) is 2.58. The fraction of sp³-hybridized carbons (Fsp3) is 0.750. The van der Waals surface area contributed by atoms with Crippen molar-refractivity contribution in [3.8, 4) is 0 Å². The van der Waals surface area contributed by atoms with E-state index in [1.165, 1.54) is 0 Å². The van der Waals surface area contributed by atoms with Gasteiger partial charge in [-0.3, -0.25) is 4.79 Å². The van der Waals surface area contributed by atoms with E-state index in [4.69, 9.17) is 14.9 Å². The van der Waals surface area contributed by atoms with E-state index in [1.807, 2.05) is 0 Å². The summed E-state index contributed by atoms with van der Waals surface area (Å²) in [5.74, 6) is -0.144. The molecule has 1 rings (SSSR count). The van der Waals surface area contributed by atoms with Crippen molar-refractivity contribution < 1.29 is 19.7 Å². The topological polar surface area (TPSA) is 55.8 Å². The van der Waals surface area contributed by atoms with Crippen molar-refractivity contribution in [2.45, 2.75) is 84.3 Å². The first kappa shape index (κ1) is 20.9. The van der Waals surface area contributed by atoms with E-state index in [1.54, 1.807) is 0 Å². The number of carbonyl (C=O) groups is 1. The number of rotatable bonds is 10. The number of carboxylic acid groups (broad SMARTS) is 1. The summed E-state index contributed by atoms with van der Waals surface area (Å²) in [6.07, 6.45) is 14.1. The number of aliphatic carboxylic acids is 1. The van der Waals surface area contributed by atoms with Gasteiger partial charge in [0.1, 0.15) is 11.7 Å². The van der Waals surface area contributed by atoms with Crippen molar-refractivity contribution in [1.82, 2.24) is 0 Å². The molecule has 1 aliphatic heterocycles. The van der Waals surface area contributed by atoms with Crippen LogP contribution in [0.1, 0.15) is 72.6 Å². The average molecular weight is 338 g/mol. The monoisotopic (exact) mass is 338 g/mol. The molecular formula is C20H34O4. The molecular weight excluding hydrogens is 304 g/mol. The molecule has 1 unspecified atom stereocenters. The molecule has 1 N–H and O–H groups in total. The summed E-state index contributed by atoms with van der Waals surface area (Å²) in [4.78, 5) is 22.2. The molecule has 0 radical (unpaired) electrons. The van der Waals surface area contributed by atoms with Crippen LogP contribution >= 0.6 is 0 Å². The molecule has 0 aromatic rings. The van der Waals surface area contributed by atoms with Crippen LogP contribution in [0.25, 0.3) is 0 Å². The molecule has 0 bridgehead atoms. The maximum atomic E-state index is 11.0. The molecule has 1 aliphatic rings. The molecule has 1 heterocycles. The second-order valence-electron chi connectivity index (χ2n) is 6.77. The quantitative estimate of drug-likeness (QED) is 0.434. The highest BCUT2D eigenvalue weighted by Crippen LogP contribution is 2.39. The van der Waals surface area contributed by atoms with E-state index < -0.39 is 5.97 Å². The Hall–Kier alpha value is -1.13. The third kappa shape index (κ3) is 6.40. The highest BCUT2D eigenvalue weighted by atomic mass is 17.2. The van der Waals surface area contributed by atoms with E-state index >= 15 is 0 Å². The first-order valence-electron chi connectivity index (χ1n) is 9.39. The van der Waals surface area contributed by atoms with Crippen molar-refractivity contribution >= 4 is 5.97 Å². The van der Waals surface area contributed by atoms with E-state index in [2.05, 4.69) is 52.0 Å². The van der Waals surface area contributed by atoms with Gasteiger partial charge in [-0.1, -0.05) is 58.4 Å². The molecule has 138 valence electrons. The van der Waals surface area contributed by atoms with Crippen molar-refractivity contribution in [3.63, 3.8) is 0 Å². The minimum absolute atomic E-state index is 0.00780. The Labute approximate surface area is 146 Å². The molecule has 1 fully saturated rings. The zero-order chi connectivity index (χ0) is 18.0. The first-order valence-corrected chi connectivity index (χ1v) is 9.39. The highest BCUT2D eigenvalue weighted by Gasteiger charge is 2.41. The van der Waals surface area contributed by atoms with Gasteiger partial charge >= 0.3 is 5.97 Å². The SMILES string of the molecule is CC/C=C/C(/C=C/C[C@]1(CC)C[C@H](CC)[C@H](CC(=O)O)OO1)CC. The second-order valence-corrected chi connectivity index (χ2v) is 6.77. The van der Waals surface area contributed by atoms with Gasteiger partial charge < -0.3 is 5.11 Å². The number of carboxylic acids is 1. The van der Waals surface area contributed by atoms with Crippen LogP contribution in [0.5, 0.6) is 0 Å². The number of allylic oxidation sites excluding steroid dienone is 3. The van der Waals surface area contributed by atoms with Crippen LogP contribution in [-0.2, 0) is 14.6 Å². The molecule has 0 aromatic carbocycles. The van der Waals surface area contributed by atoms with Gasteiger partial charge in [0, 0.05) is 0 Å². The van der Waals surface area contributed by atoms with Crippen LogP contribution in [0.15, 0.2) is 24.3 Å². The summed E-state index contributed by atoms with van der Waals surface area (Å²) in [5, 5.41) is 9.01. The lowest BCUT2D eigenvalue weighted by molar-refractivity contribution is -0.421. The van der Waals surface area contributed by atoms with E-state index in [0.29, 0.717) is 5.92 Å². The Morgan fingerprint density at radius 2 is 1.96 bits per heavy atom. The largest absolute Gasteiger partial charge is 0.481 e. The van der Waals surface area contributed by atoms with Crippen LogP contribution in [0, 0.1) is 11.8 Å². The van der Waals surface area contributed by atoms with Crippen LogP contribution in [-0.4, -0.2) is 22.8 Å². The first-order chi connectivity index (χ1) is 11.5. The number of hydrogen-bond donors (Lipinski definition) is 1. The Morgan fingerprint density at radius 1 is 1.25 bits per heavy atom. The molecule has 0 amide bonds. The van der Waals surface area contributed by atoms with Crippen LogP contribution < -0.4 is 0 Å². The van der Waals surface area contributed by atoms with Gasteiger partial charge in [-0.05, 0) is 43.9 Å². The fourth-order valence-corrected chi connectivity index (χ4v) is 3.24. The Morgan fingerprint density at radius 3 is 2.50 bits per heavy atom. The molecule has 4 heteroatoms. The molecule has 0 aromatic heterocycles. The van der Waals surface area contributed by atoms with Crippen molar-refractivity contribution in [2.75, 3.05) is 0 Å². The molecule has 0 saturated carbocycles. The summed E-state index contributed by atoms with van der Waals surface area (Å²) in [6.45, 7) is 8.53. The van der Waals surface area contributed by atoms with Crippen molar-refractivity contribution in [1.29, 1.82) is 0 Å². The van der Waals surface area contributed by atoms with Crippen LogP contribution in [0.2, 0.25) is 0 Å². The van der Waals surface area contributed by atoms with Gasteiger partial charge in [0.25, 0.3) is 0 Å². The normalized spacial score (nSPS) is 29.3. The maximum Gasteiger partial charge on any atom is 0.306 e. The predicted molar refractivity (Wildman–Crippen MR) is 96.6 cm³/mol.